The summed E-state index contributed by atoms with van der Waals surface area (Å²) in [7, 11) is 7.59. The largest absolute Gasteiger partial charge is 0.493 e. The summed E-state index contributed by atoms with van der Waals surface area (Å²) in [6.45, 7) is 3.61. The average molecular weight is 555 g/mol. The molecule has 10 nitrogen and oxygen atoms in total. The first-order valence-corrected chi connectivity index (χ1v) is 12.9. The lowest BCUT2D eigenvalue weighted by Gasteiger charge is -2.26. The maximum Gasteiger partial charge on any atom is 0.338 e. The zero-order chi connectivity index (χ0) is 28.3. The number of para-hydroxylation sites is 1. The van der Waals surface area contributed by atoms with Gasteiger partial charge in [-0.1, -0.05) is 23.5 Å². The van der Waals surface area contributed by atoms with Gasteiger partial charge in [0.2, 0.25) is 5.75 Å². The molecular weight excluding hydrogens is 524 g/mol. The van der Waals surface area contributed by atoms with E-state index in [1.165, 1.54) is 44.3 Å². The van der Waals surface area contributed by atoms with Crippen LogP contribution in [0.1, 0.15) is 31.0 Å². The van der Waals surface area contributed by atoms with Gasteiger partial charge < -0.3 is 28.4 Å². The Balaban J connectivity index is 2.03. The van der Waals surface area contributed by atoms with Crippen molar-refractivity contribution >= 4 is 23.4 Å². The van der Waals surface area contributed by atoms with Gasteiger partial charge in [-0.25, -0.2) is 9.79 Å². The third-order valence-electron chi connectivity index (χ3n) is 6.24. The molecule has 1 aromatic heterocycles. The summed E-state index contributed by atoms with van der Waals surface area (Å²) in [6, 6.07) is 7.98. The van der Waals surface area contributed by atoms with E-state index in [9.17, 15) is 9.59 Å². The zero-order valence-electron chi connectivity index (χ0n) is 22.8. The van der Waals surface area contributed by atoms with E-state index in [4.69, 9.17) is 28.4 Å². The number of benzene rings is 2. The third kappa shape index (κ3) is 4.97. The molecule has 1 aliphatic rings. The zero-order valence-corrected chi connectivity index (χ0v) is 23.6. The molecule has 0 fully saturated rings. The number of ether oxygens (including phenoxy) is 6. The van der Waals surface area contributed by atoms with E-state index in [2.05, 4.69) is 4.99 Å². The van der Waals surface area contributed by atoms with Gasteiger partial charge in [0.1, 0.15) is 0 Å². The van der Waals surface area contributed by atoms with Gasteiger partial charge >= 0.3 is 5.97 Å². The Morgan fingerprint density at radius 3 is 2.18 bits per heavy atom. The number of fused-ring (bicyclic) bond motifs is 1. The van der Waals surface area contributed by atoms with Crippen LogP contribution in [-0.4, -0.2) is 52.7 Å². The Morgan fingerprint density at radius 1 is 0.974 bits per heavy atom. The maximum absolute atomic E-state index is 14.0. The highest BCUT2D eigenvalue weighted by molar-refractivity contribution is 7.07. The molecule has 0 saturated heterocycles. The van der Waals surface area contributed by atoms with Gasteiger partial charge in [-0.15, -0.1) is 0 Å². The number of rotatable bonds is 9. The van der Waals surface area contributed by atoms with Crippen LogP contribution in [0, 0.1) is 0 Å². The van der Waals surface area contributed by atoms with E-state index < -0.39 is 12.0 Å². The number of methoxy groups -OCH3 is 5. The van der Waals surface area contributed by atoms with Crippen LogP contribution in [0.5, 0.6) is 28.7 Å². The quantitative estimate of drug-likeness (QED) is 0.372. The summed E-state index contributed by atoms with van der Waals surface area (Å²) < 4.78 is 34.8. The van der Waals surface area contributed by atoms with Crippen molar-refractivity contribution in [1.29, 1.82) is 0 Å². The lowest BCUT2D eigenvalue weighted by molar-refractivity contribution is -0.139. The lowest BCUT2D eigenvalue weighted by atomic mass is 9.95. The highest BCUT2D eigenvalue weighted by Gasteiger charge is 2.34. The van der Waals surface area contributed by atoms with Gasteiger partial charge in [0.15, 0.2) is 27.8 Å². The van der Waals surface area contributed by atoms with Crippen LogP contribution in [-0.2, 0) is 9.53 Å². The van der Waals surface area contributed by atoms with Gasteiger partial charge in [-0.3, -0.25) is 9.36 Å². The van der Waals surface area contributed by atoms with E-state index in [0.717, 1.165) is 0 Å². The van der Waals surface area contributed by atoms with E-state index in [1.807, 2.05) is 12.1 Å². The van der Waals surface area contributed by atoms with E-state index >= 15 is 0 Å². The predicted octanol–water partition coefficient (Wildman–Crippen LogP) is 2.84. The second kappa shape index (κ2) is 11.6. The SMILES string of the molecule is CCOC(=O)C1=C(C)N=c2s/c(=C\c3cccc(OC)c3OC)c(=O)n2C1c1cc(OC)c(OC)c(OC)c1. The highest BCUT2D eigenvalue weighted by Crippen LogP contribution is 2.42. The van der Waals surface area contributed by atoms with Crippen molar-refractivity contribution in [3.8, 4) is 28.7 Å². The minimum atomic E-state index is -0.858. The first-order chi connectivity index (χ1) is 18.8. The summed E-state index contributed by atoms with van der Waals surface area (Å²) in [5, 5.41) is 0. The van der Waals surface area contributed by atoms with Crippen molar-refractivity contribution < 1.29 is 33.2 Å². The fraction of sp³-hybridized carbons (Fsp3) is 0.321. The van der Waals surface area contributed by atoms with Crippen molar-refractivity contribution in [2.75, 3.05) is 42.2 Å². The summed E-state index contributed by atoms with van der Waals surface area (Å²) in [5.41, 5.74) is 1.57. The smallest absolute Gasteiger partial charge is 0.338 e. The number of esters is 1. The molecule has 1 unspecified atom stereocenters. The van der Waals surface area contributed by atoms with Crippen LogP contribution in [0.4, 0.5) is 0 Å². The molecule has 0 amide bonds. The fourth-order valence-electron chi connectivity index (χ4n) is 4.53. The van der Waals surface area contributed by atoms with Crippen LogP contribution in [0.2, 0.25) is 0 Å². The molecule has 4 rings (SSSR count). The molecule has 0 saturated carbocycles. The summed E-state index contributed by atoms with van der Waals surface area (Å²) in [4.78, 5) is 32.2. The number of carbonyl (C=O) groups excluding carboxylic acids is 1. The van der Waals surface area contributed by atoms with Crippen molar-refractivity contribution in [2.24, 2.45) is 4.99 Å². The molecule has 1 aliphatic heterocycles. The monoisotopic (exact) mass is 554 g/mol. The van der Waals surface area contributed by atoms with E-state index in [-0.39, 0.29) is 17.7 Å². The topological polar surface area (TPSA) is 107 Å². The molecule has 0 bridgehead atoms. The molecule has 206 valence electrons. The molecule has 2 heterocycles. The molecule has 0 N–H and O–H groups in total. The third-order valence-corrected chi connectivity index (χ3v) is 7.22. The number of hydrogen-bond donors (Lipinski definition) is 0. The summed E-state index contributed by atoms with van der Waals surface area (Å²) in [6.07, 6.45) is 1.72. The number of carbonyl (C=O) groups is 1. The van der Waals surface area contributed by atoms with Crippen LogP contribution >= 0.6 is 11.3 Å². The van der Waals surface area contributed by atoms with E-state index in [0.29, 0.717) is 54.9 Å². The van der Waals surface area contributed by atoms with Gasteiger partial charge in [0.05, 0.1) is 64.0 Å². The Hall–Kier alpha value is -4.25. The molecule has 39 heavy (non-hydrogen) atoms. The van der Waals surface area contributed by atoms with Crippen LogP contribution < -0.4 is 38.6 Å². The Labute approximate surface area is 229 Å². The summed E-state index contributed by atoms with van der Waals surface area (Å²) >= 11 is 1.20. The summed E-state index contributed by atoms with van der Waals surface area (Å²) in [5.74, 6) is 1.62. The highest BCUT2D eigenvalue weighted by atomic mass is 32.1. The second-order valence-corrected chi connectivity index (χ2v) is 9.35. The van der Waals surface area contributed by atoms with Gasteiger partial charge in [0.25, 0.3) is 5.56 Å². The molecular formula is C28H30N2O8S. The lowest BCUT2D eigenvalue weighted by Crippen LogP contribution is -2.40. The molecule has 0 radical (unpaired) electrons. The maximum atomic E-state index is 14.0. The van der Waals surface area contributed by atoms with Crippen molar-refractivity contribution in [3.05, 3.63) is 72.4 Å². The fourth-order valence-corrected chi connectivity index (χ4v) is 5.57. The van der Waals surface area contributed by atoms with Gasteiger partial charge in [-0.05, 0) is 43.7 Å². The Kier molecular flexibility index (Phi) is 8.29. The van der Waals surface area contributed by atoms with Crippen molar-refractivity contribution in [3.63, 3.8) is 0 Å². The first-order valence-electron chi connectivity index (χ1n) is 12.0. The number of aromatic nitrogens is 1. The van der Waals surface area contributed by atoms with Gasteiger partial charge in [-0.2, -0.15) is 0 Å². The van der Waals surface area contributed by atoms with Crippen LogP contribution in [0.3, 0.4) is 0 Å². The number of allylic oxidation sites excluding steroid dienone is 1. The first kappa shape index (κ1) is 27.8. The van der Waals surface area contributed by atoms with E-state index in [1.54, 1.807) is 45.2 Å². The Morgan fingerprint density at radius 2 is 1.62 bits per heavy atom. The minimum absolute atomic E-state index is 0.164. The number of hydrogen-bond acceptors (Lipinski definition) is 10. The minimum Gasteiger partial charge on any atom is -0.493 e. The molecule has 1 atom stereocenters. The molecule has 0 aliphatic carbocycles. The van der Waals surface area contributed by atoms with Gasteiger partial charge in [0, 0.05) is 5.56 Å². The van der Waals surface area contributed by atoms with Crippen LogP contribution in [0.15, 0.2) is 51.4 Å². The average Bonchev–Trinajstić information content (AvgIpc) is 3.24. The Bertz CT molecular complexity index is 1590. The standard InChI is InChI=1S/C28H30N2O8S/c1-8-38-27(32)22-15(2)29-28-30(23(22)17-12-19(34-4)25(37-7)20(13-17)35-5)26(31)21(39-28)14-16-10-9-11-18(33-3)24(16)36-6/h9-14,23H,8H2,1-7H3/b21-14-. The molecule has 0 spiro atoms. The van der Waals surface area contributed by atoms with Crippen LogP contribution in [0.25, 0.3) is 6.08 Å². The second-order valence-electron chi connectivity index (χ2n) is 8.34. The number of thiazole rings is 1. The number of nitrogens with zero attached hydrogens (tertiary/aromatic N) is 2. The predicted molar refractivity (Wildman–Crippen MR) is 146 cm³/mol. The molecule has 3 aromatic rings. The van der Waals surface area contributed by atoms with Crippen molar-refractivity contribution in [1.82, 2.24) is 4.57 Å². The normalized spacial score (nSPS) is 14.8. The van der Waals surface area contributed by atoms with Crippen molar-refractivity contribution in [2.45, 2.75) is 19.9 Å². The molecule has 11 heteroatoms. The molecule has 2 aromatic carbocycles.